The van der Waals surface area contributed by atoms with Crippen molar-refractivity contribution in [3.8, 4) is 5.75 Å². The maximum Gasteiger partial charge on any atom is 0.250 e. The highest BCUT2D eigenvalue weighted by atomic mass is 32.2. The van der Waals surface area contributed by atoms with Gasteiger partial charge in [-0.2, -0.15) is 0 Å². The predicted molar refractivity (Wildman–Crippen MR) is 97.4 cm³/mol. The standard InChI is InChI=1S/C18H23NO3S2/c1-14-5-10-17(23-14)24(20,21)19-13-18(11-3-4-12-18)15-6-8-16(22-2)9-7-15/h5-10,19H,3-4,11-13H2,1-2H3. The third kappa shape index (κ3) is 3.50. The zero-order chi connectivity index (χ0) is 17.2. The van der Waals surface area contributed by atoms with E-state index >= 15 is 0 Å². The van der Waals surface area contributed by atoms with E-state index < -0.39 is 10.0 Å². The average Bonchev–Trinajstić information content (AvgIpc) is 3.23. The number of aryl methyl sites for hydroxylation is 1. The van der Waals surface area contributed by atoms with E-state index in [2.05, 4.69) is 16.9 Å². The molecule has 0 bridgehead atoms. The second kappa shape index (κ2) is 6.86. The summed E-state index contributed by atoms with van der Waals surface area (Å²) in [4.78, 5) is 1.00. The minimum Gasteiger partial charge on any atom is -0.497 e. The van der Waals surface area contributed by atoms with Gasteiger partial charge >= 0.3 is 0 Å². The van der Waals surface area contributed by atoms with Crippen LogP contribution in [0, 0.1) is 6.92 Å². The molecule has 4 nitrogen and oxygen atoms in total. The average molecular weight is 366 g/mol. The van der Waals surface area contributed by atoms with Gasteiger partial charge in [-0.1, -0.05) is 25.0 Å². The molecule has 1 aliphatic carbocycles. The number of methoxy groups -OCH3 is 1. The second-order valence-electron chi connectivity index (χ2n) is 6.41. The minimum absolute atomic E-state index is 0.119. The number of thiophene rings is 1. The summed E-state index contributed by atoms with van der Waals surface area (Å²) in [5, 5.41) is 0. The van der Waals surface area contributed by atoms with Crippen LogP contribution in [0.1, 0.15) is 36.1 Å². The van der Waals surface area contributed by atoms with Crippen LogP contribution in [-0.2, 0) is 15.4 Å². The van der Waals surface area contributed by atoms with Crippen LogP contribution in [0.2, 0.25) is 0 Å². The summed E-state index contributed by atoms with van der Waals surface area (Å²) in [5.74, 6) is 0.821. The molecule has 1 aliphatic rings. The van der Waals surface area contributed by atoms with E-state index in [4.69, 9.17) is 4.74 Å². The van der Waals surface area contributed by atoms with E-state index in [0.29, 0.717) is 10.8 Å². The lowest BCUT2D eigenvalue weighted by molar-refractivity contribution is 0.410. The van der Waals surface area contributed by atoms with E-state index in [1.807, 2.05) is 25.1 Å². The summed E-state index contributed by atoms with van der Waals surface area (Å²) >= 11 is 1.31. The van der Waals surface area contributed by atoms with Crippen LogP contribution in [0.25, 0.3) is 0 Å². The molecule has 0 atom stereocenters. The molecular formula is C18H23NO3S2. The number of nitrogens with one attached hydrogen (secondary N) is 1. The van der Waals surface area contributed by atoms with Crippen molar-refractivity contribution in [1.82, 2.24) is 4.72 Å². The van der Waals surface area contributed by atoms with Gasteiger partial charge in [0.15, 0.2) is 0 Å². The molecule has 0 amide bonds. The van der Waals surface area contributed by atoms with Gasteiger partial charge in [-0.15, -0.1) is 11.3 Å². The first-order valence-electron chi connectivity index (χ1n) is 8.16. The molecule has 1 saturated carbocycles. The lowest BCUT2D eigenvalue weighted by Crippen LogP contribution is -2.38. The molecule has 1 fully saturated rings. The van der Waals surface area contributed by atoms with E-state index in [0.717, 1.165) is 36.3 Å². The fourth-order valence-electron chi connectivity index (χ4n) is 3.42. The van der Waals surface area contributed by atoms with Gasteiger partial charge in [-0.05, 0) is 49.6 Å². The Morgan fingerprint density at radius 1 is 1.12 bits per heavy atom. The van der Waals surface area contributed by atoms with Crippen molar-refractivity contribution >= 4 is 21.4 Å². The number of ether oxygens (including phenoxy) is 1. The van der Waals surface area contributed by atoms with Crippen LogP contribution in [-0.4, -0.2) is 22.1 Å². The zero-order valence-corrected chi connectivity index (χ0v) is 15.7. The number of sulfonamides is 1. The Labute approximate surface area is 147 Å². The third-order valence-electron chi connectivity index (χ3n) is 4.84. The van der Waals surface area contributed by atoms with Crippen molar-refractivity contribution in [2.24, 2.45) is 0 Å². The Bertz CT molecular complexity index is 788. The minimum atomic E-state index is -3.44. The van der Waals surface area contributed by atoms with Crippen LogP contribution in [0.3, 0.4) is 0 Å². The van der Waals surface area contributed by atoms with Crippen molar-refractivity contribution in [1.29, 1.82) is 0 Å². The Hall–Kier alpha value is -1.37. The smallest absolute Gasteiger partial charge is 0.250 e. The monoisotopic (exact) mass is 365 g/mol. The second-order valence-corrected chi connectivity index (χ2v) is 9.69. The van der Waals surface area contributed by atoms with Gasteiger partial charge in [-0.25, -0.2) is 13.1 Å². The Morgan fingerprint density at radius 3 is 2.33 bits per heavy atom. The van der Waals surface area contributed by atoms with Crippen molar-refractivity contribution < 1.29 is 13.2 Å². The van der Waals surface area contributed by atoms with E-state index in [1.165, 1.54) is 16.9 Å². The maximum absolute atomic E-state index is 12.6. The van der Waals surface area contributed by atoms with E-state index in [1.54, 1.807) is 13.2 Å². The van der Waals surface area contributed by atoms with Gasteiger partial charge in [0.25, 0.3) is 0 Å². The molecule has 0 aliphatic heterocycles. The molecule has 3 rings (SSSR count). The maximum atomic E-state index is 12.6. The van der Waals surface area contributed by atoms with Gasteiger partial charge in [0, 0.05) is 16.8 Å². The van der Waals surface area contributed by atoms with Gasteiger partial charge in [0.2, 0.25) is 10.0 Å². The molecule has 0 spiro atoms. The lowest BCUT2D eigenvalue weighted by atomic mass is 9.79. The topological polar surface area (TPSA) is 55.4 Å². The van der Waals surface area contributed by atoms with Gasteiger partial charge < -0.3 is 4.74 Å². The summed E-state index contributed by atoms with van der Waals surface area (Å²) in [7, 11) is -1.79. The van der Waals surface area contributed by atoms with Crippen molar-refractivity contribution in [3.63, 3.8) is 0 Å². The summed E-state index contributed by atoms with van der Waals surface area (Å²) in [6.45, 7) is 2.36. The molecule has 0 saturated heterocycles. The molecule has 6 heteroatoms. The molecule has 0 radical (unpaired) electrons. The van der Waals surface area contributed by atoms with Crippen molar-refractivity contribution in [2.75, 3.05) is 13.7 Å². The molecular weight excluding hydrogens is 342 g/mol. The molecule has 1 aromatic carbocycles. The fourth-order valence-corrected chi connectivity index (χ4v) is 5.88. The van der Waals surface area contributed by atoms with Crippen LogP contribution in [0.15, 0.2) is 40.6 Å². The van der Waals surface area contributed by atoms with Crippen molar-refractivity contribution in [2.45, 2.75) is 42.2 Å². The summed E-state index contributed by atoms with van der Waals surface area (Å²) in [6.07, 6.45) is 4.27. The highest BCUT2D eigenvalue weighted by Crippen LogP contribution is 2.41. The molecule has 130 valence electrons. The van der Waals surface area contributed by atoms with Gasteiger partial charge in [0.05, 0.1) is 7.11 Å². The van der Waals surface area contributed by atoms with Gasteiger partial charge in [0.1, 0.15) is 9.96 Å². The lowest BCUT2D eigenvalue weighted by Gasteiger charge is -2.30. The third-order valence-corrected chi connectivity index (χ3v) is 7.74. The molecule has 2 aromatic rings. The largest absolute Gasteiger partial charge is 0.497 e. The fraction of sp³-hybridized carbons (Fsp3) is 0.444. The first-order valence-corrected chi connectivity index (χ1v) is 10.5. The highest BCUT2D eigenvalue weighted by Gasteiger charge is 2.36. The molecule has 0 unspecified atom stereocenters. The van der Waals surface area contributed by atoms with E-state index in [-0.39, 0.29) is 5.41 Å². The van der Waals surface area contributed by atoms with Crippen molar-refractivity contribution in [3.05, 3.63) is 46.8 Å². The van der Waals surface area contributed by atoms with Crippen LogP contribution >= 0.6 is 11.3 Å². The quantitative estimate of drug-likeness (QED) is 0.846. The number of hydrogen-bond acceptors (Lipinski definition) is 4. The number of benzene rings is 1. The number of rotatable bonds is 6. The number of hydrogen-bond donors (Lipinski definition) is 1. The molecule has 1 heterocycles. The first-order chi connectivity index (χ1) is 11.5. The van der Waals surface area contributed by atoms with Gasteiger partial charge in [-0.3, -0.25) is 0 Å². The zero-order valence-electron chi connectivity index (χ0n) is 14.0. The molecule has 1 aromatic heterocycles. The van der Waals surface area contributed by atoms with E-state index in [9.17, 15) is 8.42 Å². The van der Waals surface area contributed by atoms with Crippen LogP contribution < -0.4 is 9.46 Å². The molecule has 1 N–H and O–H groups in total. The predicted octanol–water partition coefficient (Wildman–Crippen LogP) is 3.86. The Morgan fingerprint density at radius 2 is 1.79 bits per heavy atom. The summed E-state index contributed by atoms with van der Waals surface area (Å²) < 4.78 is 33.6. The highest BCUT2D eigenvalue weighted by molar-refractivity contribution is 7.91. The van der Waals surface area contributed by atoms with Crippen LogP contribution in [0.4, 0.5) is 0 Å². The first kappa shape index (κ1) is 17.5. The molecule has 24 heavy (non-hydrogen) atoms. The normalized spacial score (nSPS) is 17.1. The Balaban J connectivity index is 1.81. The summed E-state index contributed by atoms with van der Waals surface area (Å²) in [6, 6.07) is 11.5. The SMILES string of the molecule is COc1ccc(C2(CNS(=O)(=O)c3ccc(C)s3)CCCC2)cc1. The Kier molecular flexibility index (Phi) is 4.99. The van der Waals surface area contributed by atoms with Crippen LogP contribution in [0.5, 0.6) is 5.75 Å². The summed E-state index contributed by atoms with van der Waals surface area (Å²) in [5.41, 5.74) is 1.07.